The van der Waals surface area contributed by atoms with E-state index >= 15 is 0 Å². The first-order valence-electron chi connectivity index (χ1n) is 5.85. The number of carbonyl (C=O) groups is 1. The Bertz CT molecular complexity index is 669. The van der Waals surface area contributed by atoms with Crippen molar-refractivity contribution in [2.75, 3.05) is 19.1 Å². The van der Waals surface area contributed by atoms with Gasteiger partial charge in [-0.1, -0.05) is 0 Å². The van der Waals surface area contributed by atoms with Gasteiger partial charge in [-0.25, -0.2) is 4.79 Å². The van der Waals surface area contributed by atoms with Crippen LogP contribution in [-0.2, 0) is 4.74 Å². The Morgan fingerprint density at radius 1 is 1.42 bits per heavy atom. The molecule has 0 saturated carbocycles. The lowest BCUT2D eigenvalue weighted by atomic mass is 10.1. The number of esters is 1. The van der Waals surface area contributed by atoms with E-state index in [1.807, 2.05) is 0 Å². The van der Waals surface area contributed by atoms with Crippen molar-refractivity contribution in [2.24, 2.45) is 0 Å². The molecule has 2 heterocycles. The maximum atomic E-state index is 11.7. The number of benzene rings is 1. The van der Waals surface area contributed by atoms with E-state index in [0.29, 0.717) is 28.1 Å². The van der Waals surface area contributed by atoms with E-state index in [1.54, 1.807) is 19.1 Å². The number of carbonyl (C=O) groups excluding carboxylic acids is 1. The number of fused-ring (bicyclic) bond motifs is 2. The first-order chi connectivity index (χ1) is 9.20. The molecular weight excluding hydrogens is 248 g/mol. The van der Waals surface area contributed by atoms with Crippen LogP contribution in [0, 0.1) is 0 Å². The molecule has 2 N–H and O–H groups in total. The second-order valence-corrected chi connectivity index (χ2v) is 4.03. The van der Waals surface area contributed by atoms with Crippen molar-refractivity contribution >= 4 is 22.6 Å². The fraction of sp³-hybridized carbons (Fsp3) is 0.231. The van der Waals surface area contributed by atoms with Gasteiger partial charge in [0, 0.05) is 17.6 Å². The normalized spacial score (nSPS) is 12.7. The van der Waals surface area contributed by atoms with Crippen molar-refractivity contribution in [3.63, 3.8) is 0 Å². The SMILES string of the molecule is CCOC(=O)c1cnc2cc3c(cc2c1N)OCO3. The number of rotatable bonds is 2. The summed E-state index contributed by atoms with van der Waals surface area (Å²) in [5.41, 5.74) is 7.25. The number of pyridine rings is 1. The Morgan fingerprint density at radius 2 is 2.16 bits per heavy atom. The molecule has 1 aliphatic rings. The average molecular weight is 260 g/mol. The summed E-state index contributed by atoms with van der Waals surface area (Å²) in [5.74, 6) is 0.748. The van der Waals surface area contributed by atoms with Gasteiger partial charge in [-0.2, -0.15) is 0 Å². The molecule has 6 nitrogen and oxygen atoms in total. The second-order valence-electron chi connectivity index (χ2n) is 4.03. The van der Waals surface area contributed by atoms with E-state index in [1.165, 1.54) is 6.20 Å². The van der Waals surface area contributed by atoms with Crippen LogP contribution in [0.5, 0.6) is 11.5 Å². The Morgan fingerprint density at radius 3 is 2.89 bits per heavy atom. The summed E-state index contributed by atoms with van der Waals surface area (Å²) in [7, 11) is 0. The molecule has 2 aromatic rings. The predicted molar refractivity (Wildman–Crippen MR) is 68.2 cm³/mol. The van der Waals surface area contributed by atoms with Crippen LogP contribution >= 0.6 is 0 Å². The minimum absolute atomic E-state index is 0.177. The molecule has 0 unspecified atom stereocenters. The number of anilines is 1. The van der Waals surface area contributed by atoms with Gasteiger partial charge in [-0.15, -0.1) is 0 Å². The minimum Gasteiger partial charge on any atom is -0.462 e. The van der Waals surface area contributed by atoms with Crippen molar-refractivity contribution in [3.05, 3.63) is 23.9 Å². The third kappa shape index (κ3) is 1.81. The van der Waals surface area contributed by atoms with Crippen molar-refractivity contribution in [3.8, 4) is 11.5 Å². The molecule has 0 bridgehead atoms. The lowest BCUT2D eigenvalue weighted by Crippen LogP contribution is -2.09. The predicted octanol–water partition coefficient (Wildman–Crippen LogP) is 1.72. The molecule has 19 heavy (non-hydrogen) atoms. The quantitative estimate of drug-likeness (QED) is 0.828. The van der Waals surface area contributed by atoms with Gasteiger partial charge in [0.1, 0.15) is 5.56 Å². The maximum absolute atomic E-state index is 11.7. The summed E-state index contributed by atoms with van der Waals surface area (Å²) in [6, 6.07) is 3.46. The van der Waals surface area contributed by atoms with Crippen molar-refractivity contribution in [1.29, 1.82) is 0 Å². The lowest BCUT2D eigenvalue weighted by molar-refractivity contribution is 0.0527. The number of nitrogens with zero attached hydrogens (tertiary/aromatic N) is 1. The van der Waals surface area contributed by atoms with Gasteiger partial charge in [0.25, 0.3) is 0 Å². The van der Waals surface area contributed by atoms with Crippen LogP contribution in [0.4, 0.5) is 5.69 Å². The maximum Gasteiger partial charge on any atom is 0.341 e. The molecule has 3 rings (SSSR count). The molecule has 0 atom stereocenters. The summed E-state index contributed by atoms with van der Waals surface area (Å²) >= 11 is 0. The lowest BCUT2D eigenvalue weighted by Gasteiger charge is -2.08. The summed E-state index contributed by atoms with van der Waals surface area (Å²) in [5, 5.41) is 0.648. The highest BCUT2D eigenvalue weighted by Crippen LogP contribution is 2.37. The van der Waals surface area contributed by atoms with Crippen LogP contribution in [0.15, 0.2) is 18.3 Å². The van der Waals surface area contributed by atoms with Gasteiger partial charge in [-0.05, 0) is 13.0 Å². The van der Waals surface area contributed by atoms with Gasteiger partial charge in [0.2, 0.25) is 6.79 Å². The third-order valence-corrected chi connectivity index (χ3v) is 2.90. The third-order valence-electron chi connectivity index (χ3n) is 2.90. The van der Waals surface area contributed by atoms with Crippen LogP contribution in [0.3, 0.4) is 0 Å². The van der Waals surface area contributed by atoms with Crippen molar-refractivity contribution in [2.45, 2.75) is 6.92 Å². The zero-order chi connectivity index (χ0) is 13.4. The average Bonchev–Trinajstić information content (AvgIpc) is 2.84. The van der Waals surface area contributed by atoms with Crippen LogP contribution in [-0.4, -0.2) is 24.4 Å². The minimum atomic E-state index is -0.480. The molecule has 1 aromatic heterocycles. The molecule has 98 valence electrons. The van der Waals surface area contributed by atoms with Gasteiger partial charge >= 0.3 is 5.97 Å². The number of hydrogen-bond acceptors (Lipinski definition) is 6. The standard InChI is InChI=1S/C13H12N2O4/c1-2-17-13(16)8-5-15-9-4-11-10(18-6-19-11)3-7(9)12(8)14/h3-5H,2,6H2,1H3,(H2,14,15). The Hall–Kier alpha value is -2.50. The van der Waals surface area contributed by atoms with E-state index in [0.717, 1.165) is 0 Å². The highest BCUT2D eigenvalue weighted by Gasteiger charge is 2.19. The zero-order valence-electron chi connectivity index (χ0n) is 10.3. The Balaban J connectivity index is 2.16. The fourth-order valence-corrected chi connectivity index (χ4v) is 1.97. The van der Waals surface area contributed by atoms with E-state index < -0.39 is 5.97 Å². The summed E-state index contributed by atoms with van der Waals surface area (Å²) < 4.78 is 15.5. The number of nitrogen functional groups attached to an aromatic ring is 1. The molecule has 0 amide bonds. The van der Waals surface area contributed by atoms with Crippen LogP contribution in [0.1, 0.15) is 17.3 Å². The topological polar surface area (TPSA) is 83.7 Å². The number of hydrogen-bond donors (Lipinski definition) is 1. The molecule has 0 saturated heterocycles. The highest BCUT2D eigenvalue weighted by atomic mass is 16.7. The van der Waals surface area contributed by atoms with E-state index in [4.69, 9.17) is 19.9 Å². The first-order valence-corrected chi connectivity index (χ1v) is 5.85. The molecule has 6 heteroatoms. The smallest absolute Gasteiger partial charge is 0.341 e. The van der Waals surface area contributed by atoms with E-state index in [-0.39, 0.29) is 19.0 Å². The molecule has 0 spiro atoms. The van der Waals surface area contributed by atoms with E-state index in [9.17, 15) is 4.79 Å². The zero-order valence-corrected chi connectivity index (χ0v) is 10.3. The summed E-state index contributed by atoms with van der Waals surface area (Å²) in [4.78, 5) is 16.0. The molecule has 1 aliphatic heterocycles. The molecule has 0 radical (unpaired) electrons. The van der Waals surface area contributed by atoms with Crippen molar-refractivity contribution in [1.82, 2.24) is 4.98 Å². The fourth-order valence-electron chi connectivity index (χ4n) is 1.97. The second kappa shape index (κ2) is 4.31. The summed E-state index contributed by atoms with van der Waals surface area (Å²) in [6.45, 7) is 2.20. The first kappa shape index (κ1) is 11.6. The van der Waals surface area contributed by atoms with Crippen LogP contribution in [0.25, 0.3) is 10.9 Å². The Kier molecular flexibility index (Phi) is 2.63. The molecular formula is C13H12N2O4. The molecule has 1 aromatic carbocycles. The van der Waals surface area contributed by atoms with E-state index in [2.05, 4.69) is 4.98 Å². The van der Waals surface area contributed by atoms with Gasteiger partial charge in [-0.3, -0.25) is 4.98 Å². The molecule has 0 fully saturated rings. The van der Waals surface area contributed by atoms with Crippen LogP contribution < -0.4 is 15.2 Å². The number of ether oxygens (including phenoxy) is 3. The summed E-state index contributed by atoms with van der Waals surface area (Å²) in [6.07, 6.45) is 1.41. The highest BCUT2D eigenvalue weighted by molar-refractivity contribution is 6.04. The van der Waals surface area contributed by atoms with Crippen molar-refractivity contribution < 1.29 is 19.0 Å². The van der Waals surface area contributed by atoms with Gasteiger partial charge in [0.05, 0.1) is 17.8 Å². The van der Waals surface area contributed by atoms with Crippen LogP contribution in [0.2, 0.25) is 0 Å². The van der Waals surface area contributed by atoms with Gasteiger partial charge < -0.3 is 19.9 Å². The van der Waals surface area contributed by atoms with Gasteiger partial charge in [0.15, 0.2) is 11.5 Å². The number of nitrogens with two attached hydrogens (primary N) is 1. The Labute approximate surface area is 109 Å². The number of aromatic nitrogens is 1. The largest absolute Gasteiger partial charge is 0.462 e. The monoisotopic (exact) mass is 260 g/mol. The molecule has 0 aliphatic carbocycles.